The van der Waals surface area contributed by atoms with E-state index < -0.39 is 0 Å². The lowest BCUT2D eigenvalue weighted by Gasteiger charge is -2.35. The predicted molar refractivity (Wildman–Crippen MR) is 83.8 cm³/mol. The van der Waals surface area contributed by atoms with Crippen LogP contribution in [0.15, 0.2) is 60.7 Å². The van der Waals surface area contributed by atoms with Gasteiger partial charge in [-0.1, -0.05) is 60.7 Å². The van der Waals surface area contributed by atoms with E-state index in [1.54, 1.807) is 0 Å². The van der Waals surface area contributed by atoms with Crippen LogP contribution in [0, 0.1) is 0 Å². The summed E-state index contributed by atoms with van der Waals surface area (Å²) in [5.41, 5.74) is 2.85. The second-order valence-corrected chi connectivity index (χ2v) is 5.40. The number of nitrogens with one attached hydrogen (secondary N) is 1. The van der Waals surface area contributed by atoms with Crippen LogP contribution in [0.2, 0.25) is 0 Å². The van der Waals surface area contributed by atoms with Crippen molar-refractivity contribution in [2.24, 2.45) is 0 Å². The van der Waals surface area contributed by atoms with Crippen molar-refractivity contribution in [3.63, 3.8) is 0 Å². The number of hydrogen-bond donors (Lipinski definition) is 1. The fourth-order valence-electron chi connectivity index (χ4n) is 2.96. The molecule has 1 aliphatic heterocycles. The molecule has 1 atom stereocenters. The molecule has 0 bridgehead atoms. The van der Waals surface area contributed by atoms with Gasteiger partial charge in [0.1, 0.15) is 0 Å². The summed E-state index contributed by atoms with van der Waals surface area (Å²) in [6.07, 6.45) is 1.09. The molecule has 0 saturated carbocycles. The van der Waals surface area contributed by atoms with Gasteiger partial charge in [0.25, 0.3) is 0 Å². The summed E-state index contributed by atoms with van der Waals surface area (Å²) in [5, 5.41) is 3.44. The third-order valence-corrected chi connectivity index (χ3v) is 4.05. The van der Waals surface area contributed by atoms with E-state index in [1.165, 1.54) is 11.1 Å². The van der Waals surface area contributed by atoms with E-state index in [1.807, 2.05) is 0 Å². The van der Waals surface area contributed by atoms with Crippen LogP contribution in [-0.2, 0) is 6.42 Å². The molecule has 0 spiro atoms. The van der Waals surface area contributed by atoms with Crippen molar-refractivity contribution in [1.82, 2.24) is 10.2 Å². The molecule has 104 valence electrons. The van der Waals surface area contributed by atoms with Gasteiger partial charge in [-0.15, -0.1) is 0 Å². The first-order valence-corrected chi connectivity index (χ1v) is 7.47. The number of nitrogens with zero attached hydrogens (tertiary/aromatic N) is 1. The van der Waals surface area contributed by atoms with E-state index in [4.69, 9.17) is 0 Å². The van der Waals surface area contributed by atoms with Crippen molar-refractivity contribution in [3.05, 3.63) is 71.8 Å². The standard InChI is InChI=1S/C18H22N2/c1-3-7-16(8-4-1)15-18(17-9-5-2-6-10-17)20-13-11-19-12-14-20/h1-10,18-19H,11-15H2/t18-/m1/s1. The van der Waals surface area contributed by atoms with E-state index in [0.29, 0.717) is 6.04 Å². The summed E-state index contributed by atoms with van der Waals surface area (Å²) < 4.78 is 0. The van der Waals surface area contributed by atoms with Gasteiger partial charge < -0.3 is 5.32 Å². The topological polar surface area (TPSA) is 15.3 Å². The van der Waals surface area contributed by atoms with E-state index >= 15 is 0 Å². The fourth-order valence-corrected chi connectivity index (χ4v) is 2.96. The highest BCUT2D eigenvalue weighted by molar-refractivity contribution is 5.24. The average Bonchev–Trinajstić information content (AvgIpc) is 2.55. The number of benzene rings is 2. The van der Waals surface area contributed by atoms with Crippen LogP contribution in [0.1, 0.15) is 17.2 Å². The maximum atomic E-state index is 3.44. The Morgan fingerprint density at radius 1 is 0.850 bits per heavy atom. The molecule has 1 saturated heterocycles. The van der Waals surface area contributed by atoms with Crippen LogP contribution < -0.4 is 5.32 Å². The van der Waals surface area contributed by atoms with Gasteiger partial charge in [0.15, 0.2) is 0 Å². The maximum Gasteiger partial charge on any atom is 0.0389 e. The Kier molecular flexibility index (Phi) is 4.46. The molecule has 1 N–H and O–H groups in total. The van der Waals surface area contributed by atoms with Crippen LogP contribution >= 0.6 is 0 Å². The summed E-state index contributed by atoms with van der Waals surface area (Å²) in [7, 11) is 0. The summed E-state index contributed by atoms with van der Waals surface area (Å²) >= 11 is 0. The third-order valence-electron chi connectivity index (χ3n) is 4.05. The number of hydrogen-bond acceptors (Lipinski definition) is 2. The van der Waals surface area contributed by atoms with Crippen LogP contribution in [0.5, 0.6) is 0 Å². The summed E-state index contributed by atoms with van der Waals surface area (Å²) in [6, 6.07) is 22.2. The molecule has 20 heavy (non-hydrogen) atoms. The number of piperazine rings is 1. The van der Waals surface area contributed by atoms with E-state index in [-0.39, 0.29) is 0 Å². The normalized spacial score (nSPS) is 17.8. The van der Waals surface area contributed by atoms with Gasteiger partial charge in [-0.25, -0.2) is 0 Å². The first-order chi connectivity index (χ1) is 9.93. The molecule has 0 aliphatic carbocycles. The fraction of sp³-hybridized carbons (Fsp3) is 0.333. The minimum absolute atomic E-state index is 0.487. The highest BCUT2D eigenvalue weighted by Crippen LogP contribution is 2.25. The zero-order chi connectivity index (χ0) is 13.6. The third kappa shape index (κ3) is 3.27. The van der Waals surface area contributed by atoms with Gasteiger partial charge in [-0.3, -0.25) is 4.90 Å². The van der Waals surface area contributed by atoms with Crippen LogP contribution in [-0.4, -0.2) is 31.1 Å². The average molecular weight is 266 g/mol. The minimum atomic E-state index is 0.487. The minimum Gasteiger partial charge on any atom is -0.314 e. The Bertz CT molecular complexity index is 503. The van der Waals surface area contributed by atoms with Crippen LogP contribution in [0.25, 0.3) is 0 Å². The maximum absolute atomic E-state index is 3.44. The molecule has 0 radical (unpaired) electrons. The summed E-state index contributed by atoms with van der Waals surface area (Å²) in [6.45, 7) is 4.45. The monoisotopic (exact) mass is 266 g/mol. The summed E-state index contributed by atoms with van der Waals surface area (Å²) in [4.78, 5) is 2.61. The zero-order valence-corrected chi connectivity index (χ0v) is 11.8. The molecule has 0 aromatic heterocycles. The smallest absolute Gasteiger partial charge is 0.0389 e. The van der Waals surface area contributed by atoms with Gasteiger partial charge in [0.05, 0.1) is 0 Å². The van der Waals surface area contributed by atoms with Gasteiger partial charge in [0, 0.05) is 32.2 Å². The van der Waals surface area contributed by atoms with Crippen molar-refractivity contribution in [2.75, 3.05) is 26.2 Å². The second-order valence-electron chi connectivity index (χ2n) is 5.40. The molecule has 2 heteroatoms. The molecule has 0 amide bonds. The zero-order valence-electron chi connectivity index (χ0n) is 11.8. The largest absolute Gasteiger partial charge is 0.314 e. The Hall–Kier alpha value is -1.64. The van der Waals surface area contributed by atoms with Gasteiger partial charge in [-0.05, 0) is 17.5 Å². The Balaban J connectivity index is 1.83. The quantitative estimate of drug-likeness (QED) is 0.915. The van der Waals surface area contributed by atoms with E-state index in [9.17, 15) is 0 Å². The molecular weight excluding hydrogens is 244 g/mol. The van der Waals surface area contributed by atoms with E-state index in [2.05, 4.69) is 70.9 Å². The number of rotatable bonds is 4. The highest BCUT2D eigenvalue weighted by atomic mass is 15.2. The second kappa shape index (κ2) is 6.69. The molecule has 1 aliphatic rings. The molecule has 0 unspecified atom stereocenters. The first-order valence-electron chi connectivity index (χ1n) is 7.47. The van der Waals surface area contributed by atoms with Gasteiger partial charge in [-0.2, -0.15) is 0 Å². The van der Waals surface area contributed by atoms with Crippen molar-refractivity contribution < 1.29 is 0 Å². The molecule has 2 nitrogen and oxygen atoms in total. The van der Waals surface area contributed by atoms with Crippen molar-refractivity contribution in [2.45, 2.75) is 12.5 Å². The lowest BCUT2D eigenvalue weighted by atomic mass is 9.97. The van der Waals surface area contributed by atoms with Gasteiger partial charge in [0.2, 0.25) is 0 Å². The summed E-state index contributed by atoms with van der Waals surface area (Å²) in [5.74, 6) is 0. The van der Waals surface area contributed by atoms with Gasteiger partial charge >= 0.3 is 0 Å². The van der Waals surface area contributed by atoms with Crippen molar-refractivity contribution in [1.29, 1.82) is 0 Å². The molecule has 3 rings (SSSR count). The van der Waals surface area contributed by atoms with E-state index in [0.717, 1.165) is 32.6 Å². The molecule has 1 fully saturated rings. The van der Waals surface area contributed by atoms with Crippen LogP contribution in [0.3, 0.4) is 0 Å². The lowest BCUT2D eigenvalue weighted by molar-refractivity contribution is 0.172. The molecular formula is C18H22N2. The lowest BCUT2D eigenvalue weighted by Crippen LogP contribution is -2.45. The molecule has 2 aromatic carbocycles. The van der Waals surface area contributed by atoms with Crippen molar-refractivity contribution >= 4 is 0 Å². The SMILES string of the molecule is c1ccc(C[C@H](c2ccccc2)N2CCNCC2)cc1. The Labute approximate surface area is 121 Å². The van der Waals surface area contributed by atoms with Crippen molar-refractivity contribution in [3.8, 4) is 0 Å². The predicted octanol–water partition coefficient (Wildman–Crippen LogP) is 2.88. The molecule has 2 aromatic rings. The van der Waals surface area contributed by atoms with Crippen LogP contribution in [0.4, 0.5) is 0 Å². The first kappa shape index (κ1) is 13.3. The highest BCUT2D eigenvalue weighted by Gasteiger charge is 2.22. The Morgan fingerprint density at radius 3 is 2.10 bits per heavy atom. The molecule has 1 heterocycles. The Morgan fingerprint density at radius 2 is 1.45 bits per heavy atom.